The second-order valence-corrected chi connectivity index (χ2v) is 5.23. The van der Waals surface area contributed by atoms with Gasteiger partial charge in [0.15, 0.2) is 0 Å². The second kappa shape index (κ2) is 4.89. The average Bonchev–Trinajstić information content (AvgIpc) is 2.72. The third kappa shape index (κ3) is 2.33. The number of thiophene rings is 2. The topological polar surface area (TPSA) is 18.5 Å². The van der Waals surface area contributed by atoms with E-state index < -0.39 is 0 Å². The number of ether oxygens (including phenoxy) is 2. The summed E-state index contributed by atoms with van der Waals surface area (Å²) >= 11 is 3.60. The van der Waals surface area contributed by atoms with Crippen molar-refractivity contribution in [1.29, 1.82) is 0 Å². The fourth-order valence-corrected chi connectivity index (χ4v) is 3.30. The van der Waals surface area contributed by atoms with Crippen LogP contribution in [0.5, 0.6) is 0 Å². The summed E-state index contributed by atoms with van der Waals surface area (Å²) < 4.78 is 11.7. The van der Waals surface area contributed by atoms with Gasteiger partial charge in [0, 0.05) is 17.4 Å². The zero-order valence-electron chi connectivity index (χ0n) is 7.99. The van der Waals surface area contributed by atoms with Crippen molar-refractivity contribution < 1.29 is 9.47 Å². The summed E-state index contributed by atoms with van der Waals surface area (Å²) in [5.74, 6) is 0. The Morgan fingerprint density at radius 3 is 3.07 bits per heavy atom. The Hall–Kier alpha value is -0.420. The van der Waals surface area contributed by atoms with Gasteiger partial charge in [0.25, 0.3) is 0 Å². The minimum Gasteiger partial charge on any atom is -0.382 e. The third-order valence-electron chi connectivity index (χ3n) is 1.87. The Kier molecular flexibility index (Phi) is 3.53. The SMILES string of the molecule is COCCOCc1cc2ccsc2s1. The molecule has 2 aromatic rings. The van der Waals surface area contributed by atoms with Crippen LogP contribution in [0, 0.1) is 0 Å². The normalized spacial score (nSPS) is 11.2. The predicted molar refractivity (Wildman–Crippen MR) is 61.2 cm³/mol. The van der Waals surface area contributed by atoms with Crippen molar-refractivity contribution in [3.8, 4) is 0 Å². The molecule has 0 spiro atoms. The lowest BCUT2D eigenvalue weighted by atomic mass is 10.4. The molecule has 0 fully saturated rings. The standard InChI is InChI=1S/C10H12O2S2/c1-11-3-4-12-7-9-6-8-2-5-13-10(8)14-9/h2,5-6H,3-4,7H2,1H3. The highest BCUT2D eigenvalue weighted by molar-refractivity contribution is 7.37. The van der Waals surface area contributed by atoms with E-state index in [1.807, 2.05) is 11.3 Å². The molecule has 0 radical (unpaired) electrons. The van der Waals surface area contributed by atoms with Crippen LogP contribution in [0.15, 0.2) is 17.5 Å². The van der Waals surface area contributed by atoms with Gasteiger partial charge in [-0.05, 0) is 17.5 Å². The molecule has 0 atom stereocenters. The van der Waals surface area contributed by atoms with Crippen LogP contribution >= 0.6 is 22.7 Å². The van der Waals surface area contributed by atoms with E-state index in [4.69, 9.17) is 9.47 Å². The highest BCUT2D eigenvalue weighted by atomic mass is 32.2. The van der Waals surface area contributed by atoms with Gasteiger partial charge < -0.3 is 9.47 Å². The minimum absolute atomic E-state index is 0.666. The molecule has 2 rings (SSSR count). The van der Waals surface area contributed by atoms with Crippen molar-refractivity contribution in [2.45, 2.75) is 6.61 Å². The van der Waals surface area contributed by atoms with Crippen molar-refractivity contribution in [1.82, 2.24) is 0 Å². The van der Waals surface area contributed by atoms with E-state index in [1.165, 1.54) is 14.3 Å². The van der Waals surface area contributed by atoms with Gasteiger partial charge in [-0.1, -0.05) is 0 Å². The molecule has 4 heteroatoms. The van der Waals surface area contributed by atoms with E-state index in [2.05, 4.69) is 17.5 Å². The molecular weight excluding hydrogens is 216 g/mol. The first-order valence-electron chi connectivity index (χ1n) is 4.43. The van der Waals surface area contributed by atoms with Crippen LogP contribution in [0.25, 0.3) is 9.40 Å². The maximum atomic E-state index is 5.45. The molecule has 0 bridgehead atoms. The third-order valence-corrected chi connectivity index (χ3v) is 4.05. The molecule has 0 aliphatic heterocycles. The van der Waals surface area contributed by atoms with Gasteiger partial charge in [-0.3, -0.25) is 0 Å². The van der Waals surface area contributed by atoms with Gasteiger partial charge in [-0.2, -0.15) is 0 Å². The second-order valence-electron chi connectivity index (χ2n) is 2.92. The molecule has 76 valence electrons. The van der Waals surface area contributed by atoms with Crippen LogP contribution in [-0.4, -0.2) is 20.3 Å². The maximum Gasteiger partial charge on any atom is 0.0868 e. The summed E-state index contributed by atoms with van der Waals surface area (Å²) in [4.78, 5) is 1.29. The Morgan fingerprint density at radius 1 is 1.36 bits per heavy atom. The Morgan fingerprint density at radius 2 is 2.29 bits per heavy atom. The zero-order chi connectivity index (χ0) is 9.80. The highest BCUT2D eigenvalue weighted by Crippen LogP contribution is 2.30. The van der Waals surface area contributed by atoms with Crippen LogP contribution in [0.4, 0.5) is 0 Å². The summed E-state index contributed by atoms with van der Waals surface area (Å²) in [7, 11) is 1.68. The van der Waals surface area contributed by atoms with Crippen molar-refractivity contribution in [2.75, 3.05) is 20.3 Å². The summed E-state index contributed by atoms with van der Waals surface area (Å²) in [6.45, 7) is 2.04. The maximum absolute atomic E-state index is 5.45. The molecule has 2 aromatic heterocycles. The fourth-order valence-electron chi connectivity index (χ4n) is 1.20. The lowest BCUT2D eigenvalue weighted by Gasteiger charge is -2.00. The van der Waals surface area contributed by atoms with E-state index in [0.717, 1.165) is 0 Å². The number of rotatable bonds is 5. The molecule has 2 nitrogen and oxygen atoms in total. The van der Waals surface area contributed by atoms with Crippen LogP contribution < -0.4 is 0 Å². The molecule has 0 N–H and O–H groups in total. The van der Waals surface area contributed by atoms with Crippen LogP contribution in [0.3, 0.4) is 0 Å². The summed E-state index contributed by atoms with van der Waals surface area (Å²) in [6.07, 6.45) is 0. The lowest BCUT2D eigenvalue weighted by molar-refractivity contribution is 0.0629. The number of hydrogen-bond donors (Lipinski definition) is 0. The molecule has 14 heavy (non-hydrogen) atoms. The van der Waals surface area contributed by atoms with Gasteiger partial charge in [-0.25, -0.2) is 0 Å². The van der Waals surface area contributed by atoms with Gasteiger partial charge in [0.2, 0.25) is 0 Å². The quantitative estimate of drug-likeness (QED) is 0.732. The first-order chi connectivity index (χ1) is 6.90. The molecule has 0 aliphatic carbocycles. The molecule has 0 saturated carbocycles. The fraction of sp³-hybridized carbons (Fsp3) is 0.400. The largest absolute Gasteiger partial charge is 0.382 e. The van der Waals surface area contributed by atoms with Gasteiger partial charge in [-0.15, -0.1) is 22.7 Å². The first kappa shape index (κ1) is 10.1. The average molecular weight is 228 g/mol. The lowest BCUT2D eigenvalue weighted by Crippen LogP contribution is -2.00. The summed E-state index contributed by atoms with van der Waals surface area (Å²) in [5, 5.41) is 3.46. The first-order valence-corrected chi connectivity index (χ1v) is 6.12. The summed E-state index contributed by atoms with van der Waals surface area (Å²) in [6, 6.07) is 4.35. The van der Waals surface area contributed by atoms with E-state index in [1.54, 1.807) is 18.4 Å². The molecule has 0 aliphatic rings. The summed E-state index contributed by atoms with van der Waals surface area (Å²) in [5.41, 5.74) is 0. The van der Waals surface area contributed by atoms with Gasteiger partial charge in [0.05, 0.1) is 23.8 Å². The molecular formula is C10H12O2S2. The van der Waals surface area contributed by atoms with Crippen molar-refractivity contribution >= 4 is 32.1 Å². The number of hydrogen-bond acceptors (Lipinski definition) is 4. The van der Waals surface area contributed by atoms with E-state index in [0.29, 0.717) is 19.8 Å². The molecule has 0 saturated heterocycles. The van der Waals surface area contributed by atoms with E-state index in [-0.39, 0.29) is 0 Å². The number of methoxy groups -OCH3 is 1. The molecule has 0 unspecified atom stereocenters. The number of fused-ring (bicyclic) bond motifs is 1. The van der Waals surface area contributed by atoms with Gasteiger partial charge >= 0.3 is 0 Å². The van der Waals surface area contributed by atoms with Crippen LogP contribution in [0.2, 0.25) is 0 Å². The molecule has 2 heterocycles. The van der Waals surface area contributed by atoms with E-state index >= 15 is 0 Å². The monoisotopic (exact) mass is 228 g/mol. The smallest absolute Gasteiger partial charge is 0.0868 e. The molecule has 0 amide bonds. The van der Waals surface area contributed by atoms with Crippen molar-refractivity contribution in [2.24, 2.45) is 0 Å². The predicted octanol–water partition coefficient (Wildman–Crippen LogP) is 3.13. The van der Waals surface area contributed by atoms with Crippen LogP contribution in [-0.2, 0) is 16.1 Å². The zero-order valence-corrected chi connectivity index (χ0v) is 9.62. The van der Waals surface area contributed by atoms with Crippen molar-refractivity contribution in [3.63, 3.8) is 0 Å². The molecule has 0 aromatic carbocycles. The van der Waals surface area contributed by atoms with Crippen molar-refractivity contribution in [3.05, 3.63) is 22.4 Å². The van der Waals surface area contributed by atoms with Gasteiger partial charge in [0.1, 0.15) is 0 Å². The Labute approximate surface area is 91.1 Å². The minimum atomic E-state index is 0.666. The van der Waals surface area contributed by atoms with E-state index in [9.17, 15) is 0 Å². The van der Waals surface area contributed by atoms with Crippen LogP contribution in [0.1, 0.15) is 4.88 Å². The Balaban J connectivity index is 1.89. The highest BCUT2D eigenvalue weighted by Gasteiger charge is 2.02. The Bertz CT molecular complexity index is 363.